The Morgan fingerprint density at radius 1 is 0.762 bits per heavy atom. The molecule has 0 amide bonds. The molecule has 0 heterocycles. The molecule has 2 atom stereocenters. The highest BCUT2D eigenvalue weighted by molar-refractivity contribution is 5.87. The minimum absolute atomic E-state index is 0.209. The van der Waals surface area contributed by atoms with Gasteiger partial charge in [0.1, 0.15) is 0 Å². The molecule has 1 fully saturated rings. The predicted molar refractivity (Wildman–Crippen MR) is 74.2 cm³/mol. The standard InChI is InChI=1S/C15H24O6/c1-4-19-13(16)10-8-7-9-11(14(17)20-5-2)12(10)15(18)21-6-3/h10-12H,4-9H2,1-3H3. The molecule has 0 spiro atoms. The molecular weight excluding hydrogens is 276 g/mol. The molecule has 1 aliphatic rings. The Morgan fingerprint density at radius 3 is 1.52 bits per heavy atom. The second-order valence-electron chi connectivity index (χ2n) is 4.93. The van der Waals surface area contributed by atoms with Crippen molar-refractivity contribution in [3.05, 3.63) is 0 Å². The van der Waals surface area contributed by atoms with Crippen molar-refractivity contribution in [3.63, 3.8) is 0 Å². The molecule has 21 heavy (non-hydrogen) atoms. The van der Waals surface area contributed by atoms with Crippen molar-refractivity contribution in [1.82, 2.24) is 0 Å². The van der Waals surface area contributed by atoms with E-state index in [1.807, 2.05) is 0 Å². The number of esters is 3. The molecule has 1 saturated carbocycles. The van der Waals surface area contributed by atoms with Crippen LogP contribution in [0, 0.1) is 17.8 Å². The molecule has 0 bridgehead atoms. The average Bonchev–Trinajstić information content (AvgIpc) is 2.47. The zero-order valence-corrected chi connectivity index (χ0v) is 12.9. The highest BCUT2D eigenvalue weighted by Gasteiger charge is 2.47. The molecule has 6 heteroatoms. The van der Waals surface area contributed by atoms with Gasteiger partial charge in [0, 0.05) is 0 Å². The van der Waals surface area contributed by atoms with Crippen molar-refractivity contribution >= 4 is 17.9 Å². The number of carbonyl (C=O) groups excluding carboxylic acids is 3. The average molecular weight is 300 g/mol. The zero-order chi connectivity index (χ0) is 15.8. The van der Waals surface area contributed by atoms with E-state index in [1.54, 1.807) is 20.8 Å². The highest BCUT2D eigenvalue weighted by Crippen LogP contribution is 2.37. The summed E-state index contributed by atoms with van der Waals surface area (Å²) in [5.74, 6) is -3.47. The summed E-state index contributed by atoms with van der Waals surface area (Å²) in [4.78, 5) is 36.3. The minimum Gasteiger partial charge on any atom is -0.466 e. The van der Waals surface area contributed by atoms with Gasteiger partial charge in [-0.1, -0.05) is 6.42 Å². The van der Waals surface area contributed by atoms with Crippen LogP contribution in [0.1, 0.15) is 40.0 Å². The number of hydrogen-bond acceptors (Lipinski definition) is 6. The molecule has 2 unspecified atom stereocenters. The fourth-order valence-corrected chi connectivity index (χ4v) is 2.79. The Hall–Kier alpha value is -1.59. The number of hydrogen-bond donors (Lipinski definition) is 0. The first kappa shape index (κ1) is 17.5. The zero-order valence-electron chi connectivity index (χ0n) is 12.9. The maximum absolute atomic E-state index is 12.2. The van der Waals surface area contributed by atoms with Gasteiger partial charge in [-0.05, 0) is 33.6 Å². The van der Waals surface area contributed by atoms with E-state index >= 15 is 0 Å². The van der Waals surface area contributed by atoms with E-state index in [-0.39, 0.29) is 19.8 Å². The Balaban J connectivity index is 2.97. The molecule has 0 aromatic rings. The van der Waals surface area contributed by atoms with Crippen LogP contribution in [0.3, 0.4) is 0 Å². The maximum atomic E-state index is 12.2. The number of carbonyl (C=O) groups is 3. The van der Waals surface area contributed by atoms with Crippen molar-refractivity contribution in [2.24, 2.45) is 17.8 Å². The molecule has 6 nitrogen and oxygen atoms in total. The Morgan fingerprint density at radius 2 is 1.14 bits per heavy atom. The summed E-state index contributed by atoms with van der Waals surface area (Å²) >= 11 is 0. The maximum Gasteiger partial charge on any atom is 0.310 e. The summed E-state index contributed by atoms with van der Waals surface area (Å²) in [6.07, 6.45) is 1.74. The van der Waals surface area contributed by atoms with E-state index in [4.69, 9.17) is 14.2 Å². The molecule has 0 aromatic heterocycles. The highest BCUT2D eigenvalue weighted by atomic mass is 16.5. The first-order chi connectivity index (χ1) is 10.1. The molecule has 0 aromatic carbocycles. The summed E-state index contributed by atoms with van der Waals surface area (Å²) in [6.45, 7) is 5.82. The van der Waals surface area contributed by atoms with Gasteiger partial charge in [0.2, 0.25) is 0 Å². The van der Waals surface area contributed by atoms with Crippen molar-refractivity contribution in [2.75, 3.05) is 19.8 Å². The fourth-order valence-electron chi connectivity index (χ4n) is 2.79. The predicted octanol–water partition coefficient (Wildman–Crippen LogP) is 1.71. The van der Waals surface area contributed by atoms with Crippen LogP contribution in [0.2, 0.25) is 0 Å². The van der Waals surface area contributed by atoms with E-state index in [2.05, 4.69) is 0 Å². The summed E-state index contributed by atoms with van der Waals surface area (Å²) in [5, 5.41) is 0. The third kappa shape index (κ3) is 4.44. The smallest absolute Gasteiger partial charge is 0.310 e. The van der Waals surface area contributed by atoms with Gasteiger partial charge >= 0.3 is 17.9 Å². The van der Waals surface area contributed by atoms with Gasteiger partial charge in [-0.15, -0.1) is 0 Å². The quantitative estimate of drug-likeness (QED) is 0.549. The Bertz CT molecular complexity index is 352. The van der Waals surface area contributed by atoms with Crippen LogP contribution in [-0.2, 0) is 28.6 Å². The largest absolute Gasteiger partial charge is 0.466 e. The Labute approximate surface area is 125 Å². The Kier molecular flexibility index (Phi) is 7.19. The van der Waals surface area contributed by atoms with Crippen molar-refractivity contribution in [3.8, 4) is 0 Å². The van der Waals surface area contributed by atoms with E-state index in [9.17, 15) is 14.4 Å². The van der Waals surface area contributed by atoms with Crippen LogP contribution in [0.5, 0.6) is 0 Å². The lowest BCUT2D eigenvalue weighted by molar-refractivity contribution is -0.171. The molecule has 0 N–H and O–H groups in total. The van der Waals surface area contributed by atoms with Gasteiger partial charge in [-0.2, -0.15) is 0 Å². The van der Waals surface area contributed by atoms with Gasteiger partial charge in [-0.25, -0.2) is 0 Å². The van der Waals surface area contributed by atoms with Crippen molar-refractivity contribution in [1.29, 1.82) is 0 Å². The number of ether oxygens (including phenoxy) is 3. The second-order valence-corrected chi connectivity index (χ2v) is 4.93. The fraction of sp³-hybridized carbons (Fsp3) is 0.800. The van der Waals surface area contributed by atoms with Gasteiger partial charge in [-0.3, -0.25) is 14.4 Å². The van der Waals surface area contributed by atoms with Crippen LogP contribution in [0.4, 0.5) is 0 Å². The first-order valence-corrected chi connectivity index (χ1v) is 7.56. The van der Waals surface area contributed by atoms with Gasteiger partial charge in [0.25, 0.3) is 0 Å². The molecular formula is C15H24O6. The topological polar surface area (TPSA) is 78.9 Å². The summed E-state index contributed by atoms with van der Waals surface area (Å²) in [7, 11) is 0. The first-order valence-electron chi connectivity index (χ1n) is 7.56. The van der Waals surface area contributed by atoms with Crippen LogP contribution < -0.4 is 0 Å². The van der Waals surface area contributed by atoms with Gasteiger partial charge in [0.15, 0.2) is 0 Å². The lowest BCUT2D eigenvalue weighted by Gasteiger charge is -2.33. The van der Waals surface area contributed by atoms with Gasteiger partial charge < -0.3 is 14.2 Å². The normalized spacial score (nSPS) is 25.0. The SMILES string of the molecule is CCOC(=O)C1CCCC(C(=O)OCC)C1C(=O)OCC. The molecule has 0 radical (unpaired) electrons. The lowest BCUT2D eigenvalue weighted by Crippen LogP contribution is -2.44. The summed E-state index contributed by atoms with van der Waals surface area (Å²) < 4.78 is 15.1. The second kappa shape index (κ2) is 8.64. The van der Waals surface area contributed by atoms with Crippen molar-refractivity contribution in [2.45, 2.75) is 40.0 Å². The molecule has 120 valence electrons. The molecule has 0 aliphatic heterocycles. The van der Waals surface area contributed by atoms with Crippen LogP contribution in [0.15, 0.2) is 0 Å². The van der Waals surface area contributed by atoms with E-state index in [0.29, 0.717) is 19.3 Å². The third-order valence-corrected chi connectivity index (χ3v) is 3.63. The summed E-state index contributed by atoms with van der Waals surface area (Å²) in [5.41, 5.74) is 0. The van der Waals surface area contributed by atoms with Crippen LogP contribution in [-0.4, -0.2) is 37.7 Å². The molecule has 0 saturated heterocycles. The molecule has 1 rings (SSSR count). The van der Waals surface area contributed by atoms with E-state index < -0.39 is 35.7 Å². The van der Waals surface area contributed by atoms with Crippen LogP contribution in [0.25, 0.3) is 0 Å². The van der Waals surface area contributed by atoms with Crippen LogP contribution >= 0.6 is 0 Å². The minimum atomic E-state index is -0.809. The van der Waals surface area contributed by atoms with Gasteiger partial charge in [0.05, 0.1) is 37.6 Å². The lowest BCUT2D eigenvalue weighted by atomic mass is 9.72. The number of rotatable bonds is 6. The van der Waals surface area contributed by atoms with E-state index in [1.165, 1.54) is 0 Å². The van der Waals surface area contributed by atoms with E-state index in [0.717, 1.165) is 0 Å². The monoisotopic (exact) mass is 300 g/mol. The molecule has 1 aliphatic carbocycles. The third-order valence-electron chi connectivity index (χ3n) is 3.63. The summed E-state index contributed by atoms with van der Waals surface area (Å²) in [6, 6.07) is 0. The van der Waals surface area contributed by atoms with Crippen molar-refractivity contribution < 1.29 is 28.6 Å².